The van der Waals surface area contributed by atoms with Crippen LogP contribution in [0.2, 0.25) is 0 Å². The lowest BCUT2D eigenvalue weighted by molar-refractivity contribution is -0.221. The summed E-state index contributed by atoms with van der Waals surface area (Å²) in [6, 6.07) is 5.42. The number of aliphatic hydroxyl groups excluding tert-OH is 2. The molecule has 0 radical (unpaired) electrons. The van der Waals surface area contributed by atoms with Gasteiger partial charge in [0.05, 0.1) is 12.7 Å². The number of aliphatic hydroxyl groups is 2. The molecule has 4 N–H and O–H groups in total. The average Bonchev–Trinajstić information content (AvgIpc) is 3.54. The number of pyridine rings is 1. The van der Waals surface area contributed by atoms with E-state index in [0.717, 1.165) is 25.7 Å². The number of nitriles is 1. The summed E-state index contributed by atoms with van der Waals surface area (Å²) >= 11 is 0. The topological polar surface area (TPSA) is 136 Å². The van der Waals surface area contributed by atoms with Crippen LogP contribution in [0.25, 0.3) is 0 Å². The fourth-order valence-corrected chi connectivity index (χ4v) is 14.3. The van der Waals surface area contributed by atoms with E-state index in [1.165, 1.54) is 48.8 Å². The molecule has 4 saturated carbocycles. The lowest BCUT2D eigenvalue weighted by atomic mass is 9.33. The molecule has 0 amide bonds. The first-order valence-electron chi connectivity index (χ1n) is 20.8. The largest absolute Gasteiger partial charge is 0.481 e. The van der Waals surface area contributed by atoms with Crippen LogP contribution in [0.1, 0.15) is 124 Å². The van der Waals surface area contributed by atoms with Gasteiger partial charge < -0.3 is 25.4 Å². The Hall–Kier alpha value is -2.99. The fraction of sp³-hybridized carbons (Fsp3) is 0.717. The molecule has 0 spiro atoms. The van der Waals surface area contributed by atoms with Gasteiger partial charge >= 0.3 is 5.97 Å². The minimum absolute atomic E-state index is 0.00516. The summed E-state index contributed by atoms with van der Waals surface area (Å²) in [4.78, 5) is 16.9. The minimum Gasteiger partial charge on any atom is -0.481 e. The number of nitrogens with zero attached hydrogens (tertiary/aromatic N) is 2. The van der Waals surface area contributed by atoms with Gasteiger partial charge in [0.15, 0.2) is 0 Å². The quantitative estimate of drug-likeness (QED) is 0.176. The molecule has 8 nitrogen and oxygen atoms in total. The summed E-state index contributed by atoms with van der Waals surface area (Å²) < 4.78 is 5.93. The van der Waals surface area contributed by atoms with E-state index in [-0.39, 0.29) is 46.3 Å². The Bertz CT molecular complexity index is 1760. The van der Waals surface area contributed by atoms with Gasteiger partial charge in [0.2, 0.25) is 5.88 Å². The number of aliphatic carboxylic acids is 1. The number of rotatable bonds is 10. The molecule has 1 aromatic heterocycles. The number of ether oxygens (including phenoxy) is 1. The molecule has 0 saturated heterocycles. The van der Waals surface area contributed by atoms with E-state index in [0.29, 0.717) is 61.0 Å². The van der Waals surface area contributed by atoms with Gasteiger partial charge in [-0.15, -0.1) is 0 Å². The molecule has 6 aliphatic carbocycles. The zero-order valence-electron chi connectivity index (χ0n) is 33.7. The van der Waals surface area contributed by atoms with E-state index in [9.17, 15) is 25.4 Å². The van der Waals surface area contributed by atoms with Crippen LogP contribution >= 0.6 is 0 Å². The van der Waals surface area contributed by atoms with Crippen molar-refractivity contribution >= 4 is 5.97 Å². The number of carbonyl (C=O) groups is 1. The summed E-state index contributed by atoms with van der Waals surface area (Å²) in [5, 5.41) is 43.8. The van der Waals surface area contributed by atoms with E-state index in [1.807, 2.05) is 0 Å². The second-order valence-electron chi connectivity index (χ2n) is 19.9. The molecule has 0 aliphatic heterocycles. The van der Waals surface area contributed by atoms with Gasteiger partial charge in [0.25, 0.3) is 0 Å². The van der Waals surface area contributed by atoms with Gasteiger partial charge in [-0.25, -0.2) is 4.98 Å². The lowest BCUT2D eigenvalue weighted by Crippen LogP contribution is -2.68. The van der Waals surface area contributed by atoms with Crippen molar-refractivity contribution in [1.29, 1.82) is 5.26 Å². The second-order valence-corrected chi connectivity index (χ2v) is 19.9. The van der Waals surface area contributed by atoms with E-state index < -0.39 is 17.5 Å². The molecule has 0 aromatic carbocycles. The predicted molar refractivity (Wildman–Crippen MR) is 210 cm³/mol. The number of nitrogens with one attached hydrogen (secondary N) is 1. The van der Waals surface area contributed by atoms with Crippen LogP contribution in [0.4, 0.5) is 0 Å². The van der Waals surface area contributed by atoms with Crippen LogP contribution in [0.15, 0.2) is 53.8 Å². The molecule has 7 rings (SSSR count). The highest BCUT2D eigenvalue weighted by Gasteiger charge is 2.70. The Balaban J connectivity index is 1.14. The van der Waals surface area contributed by atoms with Crippen LogP contribution in [-0.2, 0) is 4.79 Å². The van der Waals surface area contributed by atoms with Gasteiger partial charge in [-0.3, -0.25) is 4.79 Å². The number of β-amino-alcohol motifs (C(OH)–C–C–N with tert-alkyl or cyclic N) is 1. The van der Waals surface area contributed by atoms with Crippen molar-refractivity contribution in [2.24, 2.45) is 56.7 Å². The zero-order valence-corrected chi connectivity index (χ0v) is 33.7. The van der Waals surface area contributed by atoms with Crippen LogP contribution in [0.5, 0.6) is 5.88 Å². The first-order valence-corrected chi connectivity index (χ1v) is 20.8. The molecule has 1 aromatic rings. The molecule has 4 fully saturated rings. The number of fused-ring (bicyclic) bond motifs is 7. The van der Waals surface area contributed by atoms with Crippen LogP contribution in [0, 0.1) is 68.0 Å². The molecule has 6 aliphatic rings. The molecular formula is C46H65N3O5. The van der Waals surface area contributed by atoms with Crippen molar-refractivity contribution in [3.8, 4) is 11.9 Å². The van der Waals surface area contributed by atoms with Crippen molar-refractivity contribution < 1.29 is 24.9 Å². The van der Waals surface area contributed by atoms with Gasteiger partial charge in [0.1, 0.15) is 23.7 Å². The Kier molecular flexibility index (Phi) is 10.1. The van der Waals surface area contributed by atoms with Crippen molar-refractivity contribution in [2.45, 2.75) is 130 Å². The van der Waals surface area contributed by atoms with Crippen molar-refractivity contribution in [1.82, 2.24) is 10.3 Å². The first kappa shape index (κ1) is 39.3. The number of carboxylic acids is 1. The molecule has 294 valence electrons. The smallest absolute Gasteiger partial charge is 0.313 e. The Labute approximate surface area is 323 Å². The van der Waals surface area contributed by atoms with Crippen molar-refractivity contribution in [3.05, 3.63) is 59.3 Å². The zero-order chi connectivity index (χ0) is 38.9. The molecule has 0 bridgehead atoms. The minimum atomic E-state index is -1.06. The normalized spacial score (nSPS) is 41.4. The predicted octanol–water partition coefficient (Wildman–Crippen LogP) is 8.40. The highest BCUT2D eigenvalue weighted by molar-refractivity contribution is 5.75. The number of hydrogen-bond donors (Lipinski definition) is 4. The first-order chi connectivity index (χ1) is 25.5. The average molecular weight is 740 g/mol. The third-order valence-corrected chi connectivity index (χ3v) is 17.3. The van der Waals surface area contributed by atoms with Gasteiger partial charge in [0, 0.05) is 18.3 Å². The summed E-state index contributed by atoms with van der Waals surface area (Å²) in [5.41, 5.74) is 3.82. The van der Waals surface area contributed by atoms with Crippen LogP contribution < -0.4 is 10.1 Å². The summed E-state index contributed by atoms with van der Waals surface area (Å²) in [6.45, 7) is 19.8. The summed E-state index contributed by atoms with van der Waals surface area (Å²) in [5.74, 6) is 2.05. The number of carboxylic acid groups (broad SMARTS) is 1. The maximum absolute atomic E-state index is 12.7. The highest BCUT2D eigenvalue weighted by Crippen LogP contribution is 2.76. The SMILES string of the molecule is C=C(C)[C@@H]1CC[C@]2(NC[C@@H](O)CO)CC[C@]3(C)[C@H](CC[C@@H]4[C@@]5(C)CC=C(C6=CC[C@](COc7ncccc7C#N)(C(=O)O)CC6)C(C)(C)[C@@H]5CC[C@]43C)[C@@H]12. The van der Waals surface area contributed by atoms with E-state index in [2.05, 4.69) is 76.6 Å². The summed E-state index contributed by atoms with van der Waals surface area (Å²) in [6.07, 6.45) is 17.7. The molecule has 8 heteroatoms. The van der Waals surface area contributed by atoms with E-state index in [1.54, 1.807) is 18.3 Å². The highest BCUT2D eigenvalue weighted by atomic mass is 16.5. The van der Waals surface area contributed by atoms with Crippen LogP contribution in [0.3, 0.4) is 0 Å². The Morgan fingerprint density at radius 1 is 1.04 bits per heavy atom. The molecule has 1 heterocycles. The van der Waals surface area contributed by atoms with Gasteiger partial charge in [-0.2, -0.15) is 5.26 Å². The monoisotopic (exact) mass is 739 g/mol. The Morgan fingerprint density at radius 2 is 1.81 bits per heavy atom. The van der Waals surface area contributed by atoms with Crippen LogP contribution in [-0.4, -0.2) is 57.7 Å². The van der Waals surface area contributed by atoms with E-state index in [4.69, 9.17) is 4.74 Å². The second kappa shape index (κ2) is 13.9. The van der Waals surface area contributed by atoms with Gasteiger partial charge in [-0.1, -0.05) is 58.9 Å². The molecular weight excluding hydrogens is 675 g/mol. The van der Waals surface area contributed by atoms with E-state index >= 15 is 0 Å². The summed E-state index contributed by atoms with van der Waals surface area (Å²) in [7, 11) is 0. The van der Waals surface area contributed by atoms with Crippen molar-refractivity contribution in [3.63, 3.8) is 0 Å². The maximum atomic E-state index is 12.7. The maximum Gasteiger partial charge on any atom is 0.313 e. The molecule has 54 heavy (non-hydrogen) atoms. The third-order valence-electron chi connectivity index (χ3n) is 17.3. The molecule has 0 unspecified atom stereocenters. The van der Waals surface area contributed by atoms with Crippen molar-refractivity contribution in [2.75, 3.05) is 19.8 Å². The Morgan fingerprint density at radius 3 is 2.48 bits per heavy atom. The van der Waals surface area contributed by atoms with Gasteiger partial charge in [-0.05, 0) is 159 Å². The fourth-order valence-electron chi connectivity index (χ4n) is 14.3. The standard InChI is InChI=1S/C46H65N3O5/c1-29(2)33-14-21-46(49-26-32(51)27-50)23-22-43(6)35(38(33)46)10-11-37-42(5)17-15-34(41(3,4)36(42)16-18-44(37,43)7)30-12-19-45(20-13-30,40(52)53)28-54-39-31(25-47)9-8-24-48-39/h8-9,12,15,24,32-33,35-38,49-51H,1,10-11,13-14,16-23,26-28H2,2-7H3,(H,52,53)/t32-,33+,35-,36+,37-,38-,42+,43-,44-,45+,46+/m1/s1. The lowest BCUT2D eigenvalue weighted by Gasteiger charge is -2.72. The molecule has 11 atom stereocenters. The number of aromatic nitrogens is 1. The third kappa shape index (κ3) is 5.85. The number of allylic oxidation sites excluding steroid dienone is 5. The number of hydrogen-bond acceptors (Lipinski definition) is 7.